The summed E-state index contributed by atoms with van der Waals surface area (Å²) < 4.78 is 54.4. The zero-order chi connectivity index (χ0) is 14.3. The minimum absolute atomic E-state index is 0. The summed E-state index contributed by atoms with van der Waals surface area (Å²) in [5.74, 6) is -1.27. The first-order chi connectivity index (χ1) is 8.73. The molecule has 0 saturated carbocycles. The maximum absolute atomic E-state index is 12.0. The van der Waals surface area contributed by atoms with Crippen LogP contribution in [-0.4, -0.2) is 73.5 Å². The fraction of sp³-hybridized carbons (Fsp3) is 0.300. The third-order valence-corrected chi connectivity index (χ3v) is 5.32. The number of carbonyl (C=O) groups is 1. The average Bonchev–Trinajstić information content (AvgIpc) is 2.49. The molecule has 0 unspecified atom stereocenters. The molecule has 0 aliphatic carbocycles. The Balaban J connectivity index is 0.00000200. The van der Waals surface area contributed by atoms with Gasteiger partial charge in [-0.2, -0.15) is 8.42 Å². The summed E-state index contributed by atoms with van der Waals surface area (Å²) >= 11 is 0. The molecule has 0 fully saturated rings. The van der Waals surface area contributed by atoms with Gasteiger partial charge in [-0.25, -0.2) is 12.7 Å². The van der Waals surface area contributed by atoms with Crippen LogP contribution in [0, 0.1) is 0 Å². The quantitative estimate of drug-likeness (QED) is 0.587. The van der Waals surface area contributed by atoms with E-state index in [9.17, 15) is 21.6 Å². The molecule has 106 valence electrons. The van der Waals surface area contributed by atoms with Crippen LogP contribution < -0.4 is 0 Å². The van der Waals surface area contributed by atoms with Crippen molar-refractivity contribution >= 4 is 55.6 Å². The summed E-state index contributed by atoms with van der Waals surface area (Å²) in [6, 6.07) is 5.78. The van der Waals surface area contributed by atoms with E-state index in [0.717, 1.165) is 0 Å². The summed E-state index contributed by atoms with van der Waals surface area (Å²) in [6.07, 6.45) is -0.155. The van der Waals surface area contributed by atoms with Crippen molar-refractivity contribution in [1.82, 2.24) is 4.31 Å². The van der Waals surface area contributed by atoms with Gasteiger partial charge in [0.1, 0.15) is 4.90 Å². The standard InChI is InChI=1S/C10H11NO6S2.Na.H/c12-10-8-4-1-2-5-9(8)19(16,17)11(10)6-3-7-18(13,14)15;;/h1-2,4-5H,3,6-7H2,(H,13,14,15);;. The Bertz CT molecular complexity index is 728. The van der Waals surface area contributed by atoms with Crippen molar-refractivity contribution in [2.75, 3.05) is 12.3 Å². The Morgan fingerprint density at radius 3 is 2.35 bits per heavy atom. The van der Waals surface area contributed by atoms with Gasteiger partial charge in [-0.15, -0.1) is 0 Å². The van der Waals surface area contributed by atoms with E-state index >= 15 is 0 Å². The van der Waals surface area contributed by atoms with E-state index in [1.807, 2.05) is 0 Å². The van der Waals surface area contributed by atoms with Crippen LogP contribution >= 0.6 is 0 Å². The summed E-state index contributed by atoms with van der Waals surface area (Å²) in [7, 11) is -8.08. The molecule has 0 bridgehead atoms. The van der Waals surface area contributed by atoms with Crippen molar-refractivity contribution in [2.45, 2.75) is 11.3 Å². The fourth-order valence-electron chi connectivity index (χ4n) is 1.84. The molecule has 1 aromatic carbocycles. The summed E-state index contributed by atoms with van der Waals surface area (Å²) in [4.78, 5) is 11.8. The first kappa shape index (κ1) is 17.6. The molecule has 1 N–H and O–H groups in total. The van der Waals surface area contributed by atoms with Crippen LogP contribution in [-0.2, 0) is 20.1 Å². The number of fused-ring (bicyclic) bond motifs is 1. The maximum atomic E-state index is 12.0. The fourth-order valence-corrected chi connectivity index (χ4v) is 3.94. The van der Waals surface area contributed by atoms with Crippen LogP contribution in [0.5, 0.6) is 0 Å². The number of amides is 1. The molecule has 0 radical (unpaired) electrons. The average molecular weight is 329 g/mol. The molecular formula is C10H12NNaO6S2. The molecule has 0 saturated heterocycles. The second-order valence-electron chi connectivity index (χ2n) is 4.02. The molecule has 0 atom stereocenters. The van der Waals surface area contributed by atoms with E-state index in [1.54, 1.807) is 6.07 Å². The van der Waals surface area contributed by atoms with Crippen LogP contribution in [0.1, 0.15) is 16.8 Å². The zero-order valence-corrected chi connectivity index (χ0v) is 11.3. The molecule has 1 aromatic rings. The Kier molecular flexibility index (Phi) is 5.39. The Hall–Kier alpha value is -0.450. The number of hydrogen-bond donors (Lipinski definition) is 1. The first-order valence-electron chi connectivity index (χ1n) is 5.35. The van der Waals surface area contributed by atoms with Crippen molar-refractivity contribution in [3.63, 3.8) is 0 Å². The van der Waals surface area contributed by atoms with E-state index in [-0.39, 0.29) is 53.0 Å². The summed E-state index contributed by atoms with van der Waals surface area (Å²) in [5.41, 5.74) is 0.0781. The van der Waals surface area contributed by atoms with Crippen molar-refractivity contribution < 1.29 is 26.2 Å². The van der Waals surface area contributed by atoms with Crippen molar-refractivity contribution in [3.05, 3.63) is 29.8 Å². The number of benzene rings is 1. The molecular weight excluding hydrogens is 317 g/mol. The van der Waals surface area contributed by atoms with E-state index in [1.165, 1.54) is 18.2 Å². The number of sulfonamides is 1. The van der Waals surface area contributed by atoms with Crippen molar-refractivity contribution in [1.29, 1.82) is 0 Å². The Morgan fingerprint density at radius 2 is 1.80 bits per heavy atom. The normalized spacial score (nSPS) is 16.6. The van der Waals surface area contributed by atoms with Gasteiger partial charge in [-0.05, 0) is 18.6 Å². The van der Waals surface area contributed by atoms with Gasteiger partial charge in [-0.1, -0.05) is 12.1 Å². The molecule has 0 aromatic heterocycles. The summed E-state index contributed by atoms with van der Waals surface area (Å²) in [5, 5.41) is 0. The van der Waals surface area contributed by atoms with Gasteiger partial charge in [0.2, 0.25) is 0 Å². The van der Waals surface area contributed by atoms with Gasteiger partial charge in [0.15, 0.2) is 0 Å². The van der Waals surface area contributed by atoms with Crippen LogP contribution in [0.3, 0.4) is 0 Å². The third-order valence-electron chi connectivity index (χ3n) is 2.68. The first-order valence-corrected chi connectivity index (χ1v) is 8.40. The van der Waals surface area contributed by atoms with Gasteiger partial charge in [0.05, 0.1) is 11.3 Å². The van der Waals surface area contributed by atoms with Gasteiger partial charge < -0.3 is 0 Å². The third kappa shape index (κ3) is 3.41. The van der Waals surface area contributed by atoms with Crippen molar-refractivity contribution in [3.8, 4) is 0 Å². The molecule has 7 nitrogen and oxygen atoms in total. The van der Waals surface area contributed by atoms with E-state index in [2.05, 4.69) is 0 Å². The van der Waals surface area contributed by atoms with E-state index in [4.69, 9.17) is 4.55 Å². The minimum atomic E-state index is -4.17. The SMILES string of the molecule is O=C1c2ccccc2S(=O)(=O)N1CCCS(=O)(=O)O.[NaH]. The molecule has 1 heterocycles. The molecule has 1 amide bonds. The monoisotopic (exact) mass is 329 g/mol. The van der Waals surface area contributed by atoms with Crippen LogP contribution in [0.2, 0.25) is 0 Å². The van der Waals surface area contributed by atoms with E-state index < -0.39 is 31.8 Å². The number of nitrogens with zero attached hydrogens (tertiary/aromatic N) is 1. The topological polar surface area (TPSA) is 109 Å². The van der Waals surface area contributed by atoms with Gasteiger partial charge in [-0.3, -0.25) is 9.35 Å². The van der Waals surface area contributed by atoms with Gasteiger partial charge in [0, 0.05) is 6.54 Å². The molecule has 10 heteroatoms. The predicted molar refractivity (Wildman–Crippen MR) is 72.8 cm³/mol. The second kappa shape index (κ2) is 6.12. The second-order valence-corrected chi connectivity index (χ2v) is 7.42. The Morgan fingerprint density at radius 1 is 1.20 bits per heavy atom. The number of rotatable bonds is 4. The summed E-state index contributed by atoms with van der Waals surface area (Å²) in [6.45, 7) is -0.282. The van der Waals surface area contributed by atoms with Crippen molar-refractivity contribution in [2.24, 2.45) is 0 Å². The molecule has 2 rings (SSSR count). The van der Waals surface area contributed by atoms with Gasteiger partial charge in [0.25, 0.3) is 26.0 Å². The molecule has 1 aliphatic heterocycles. The van der Waals surface area contributed by atoms with Crippen LogP contribution in [0.4, 0.5) is 0 Å². The van der Waals surface area contributed by atoms with Gasteiger partial charge >= 0.3 is 29.6 Å². The van der Waals surface area contributed by atoms with Crippen LogP contribution in [0.15, 0.2) is 29.2 Å². The molecule has 0 spiro atoms. The Labute approximate surface area is 139 Å². The van der Waals surface area contributed by atoms with E-state index in [0.29, 0.717) is 4.31 Å². The van der Waals surface area contributed by atoms with Crippen LogP contribution in [0.25, 0.3) is 0 Å². The zero-order valence-electron chi connectivity index (χ0n) is 9.68. The number of hydrogen-bond acceptors (Lipinski definition) is 5. The predicted octanol–water partition coefficient (Wildman–Crippen LogP) is -0.539. The molecule has 20 heavy (non-hydrogen) atoms. The number of carbonyl (C=O) groups excluding carboxylic acids is 1. The molecule has 1 aliphatic rings.